The molecule has 1 aromatic rings. The van der Waals surface area contributed by atoms with Crippen LogP contribution >= 0.6 is 0 Å². The van der Waals surface area contributed by atoms with E-state index in [1.54, 1.807) is 12.1 Å². The van der Waals surface area contributed by atoms with E-state index in [4.69, 9.17) is 15.9 Å². The first-order valence-electron chi connectivity index (χ1n) is 7.35. The van der Waals surface area contributed by atoms with E-state index in [1.165, 1.54) is 4.90 Å². The molecule has 1 unspecified atom stereocenters. The highest BCUT2D eigenvalue weighted by Gasteiger charge is 2.37. The van der Waals surface area contributed by atoms with Gasteiger partial charge < -0.3 is 14.6 Å². The number of ether oxygens (including phenoxy) is 2. The Morgan fingerprint density at radius 2 is 2.23 bits per heavy atom. The van der Waals surface area contributed by atoms with Crippen molar-refractivity contribution < 1.29 is 19.4 Å². The van der Waals surface area contributed by atoms with E-state index in [2.05, 4.69) is 5.92 Å². The van der Waals surface area contributed by atoms with Crippen LogP contribution in [0.25, 0.3) is 0 Å². The molecule has 1 atom stereocenters. The highest BCUT2D eigenvalue weighted by atomic mass is 16.5. The fourth-order valence-corrected chi connectivity index (χ4v) is 2.44. The molecule has 0 aliphatic carbocycles. The number of benzene rings is 1. The molecule has 1 N–H and O–H groups in total. The van der Waals surface area contributed by atoms with Gasteiger partial charge in [-0.15, -0.1) is 6.42 Å². The number of carbonyl (C=O) groups is 1. The van der Waals surface area contributed by atoms with Crippen LogP contribution in [0.15, 0.2) is 12.1 Å². The summed E-state index contributed by atoms with van der Waals surface area (Å²) in [5, 5.41) is 9.41. The number of hydrogen-bond donors (Lipinski definition) is 1. The van der Waals surface area contributed by atoms with Gasteiger partial charge in [-0.05, 0) is 30.5 Å². The molecule has 5 heteroatoms. The van der Waals surface area contributed by atoms with Gasteiger partial charge in [-0.3, -0.25) is 9.69 Å². The zero-order valence-corrected chi connectivity index (χ0v) is 13.1. The number of aliphatic hydroxyl groups is 1. The van der Waals surface area contributed by atoms with Crippen molar-refractivity contribution in [3.05, 3.63) is 17.7 Å². The fourth-order valence-electron chi connectivity index (χ4n) is 2.44. The number of aliphatic hydroxyl groups excluding tert-OH is 1. The zero-order chi connectivity index (χ0) is 16.3. The molecular weight excluding hydrogens is 282 g/mol. The number of anilines is 1. The predicted molar refractivity (Wildman–Crippen MR) is 84.0 cm³/mol. The van der Waals surface area contributed by atoms with Gasteiger partial charge in [-0.1, -0.05) is 19.8 Å². The monoisotopic (exact) mass is 303 g/mol. The quantitative estimate of drug-likeness (QED) is 0.845. The average Bonchev–Trinajstić information content (AvgIpc) is 2.49. The fraction of sp³-hybridized carbons (Fsp3) is 0.471. The van der Waals surface area contributed by atoms with E-state index in [9.17, 15) is 9.90 Å². The molecule has 0 spiro atoms. The third-order valence-electron chi connectivity index (χ3n) is 3.48. The molecular formula is C17H21NO4. The van der Waals surface area contributed by atoms with Crippen molar-refractivity contribution >= 4 is 11.6 Å². The second-order valence-electron chi connectivity index (χ2n) is 5.44. The third kappa shape index (κ3) is 2.88. The second-order valence-corrected chi connectivity index (χ2v) is 5.44. The van der Waals surface area contributed by atoms with Gasteiger partial charge in [0.05, 0.1) is 25.4 Å². The van der Waals surface area contributed by atoms with Crippen molar-refractivity contribution in [2.24, 2.45) is 5.92 Å². The lowest BCUT2D eigenvalue weighted by atomic mass is 10.0. The standard InChI is InChI=1S/C17H21NO4/c1-5-7-18-13-8-12(10-19)9-14(21-6-2)16(13)22-15(11(3)4)17(18)20/h1,8-9,11,15,19H,6-7,10H2,2-4H3. The first-order chi connectivity index (χ1) is 10.5. The van der Waals surface area contributed by atoms with E-state index in [0.717, 1.165) is 0 Å². The summed E-state index contributed by atoms with van der Waals surface area (Å²) in [6.07, 6.45) is 4.81. The van der Waals surface area contributed by atoms with Gasteiger partial charge >= 0.3 is 0 Å². The van der Waals surface area contributed by atoms with Crippen molar-refractivity contribution in [3.63, 3.8) is 0 Å². The summed E-state index contributed by atoms with van der Waals surface area (Å²) in [7, 11) is 0. The number of rotatable bonds is 5. The summed E-state index contributed by atoms with van der Waals surface area (Å²) >= 11 is 0. The van der Waals surface area contributed by atoms with Crippen LogP contribution < -0.4 is 14.4 Å². The number of hydrogen-bond acceptors (Lipinski definition) is 4. The molecule has 22 heavy (non-hydrogen) atoms. The maximum atomic E-state index is 12.6. The molecule has 0 saturated carbocycles. The van der Waals surface area contributed by atoms with Crippen LogP contribution in [0.4, 0.5) is 5.69 Å². The lowest BCUT2D eigenvalue weighted by molar-refractivity contribution is -0.128. The molecule has 0 bridgehead atoms. The summed E-state index contributed by atoms with van der Waals surface area (Å²) in [6.45, 7) is 6.16. The molecule has 2 rings (SSSR count). The maximum Gasteiger partial charge on any atom is 0.269 e. The highest BCUT2D eigenvalue weighted by molar-refractivity contribution is 6.01. The Morgan fingerprint density at radius 1 is 1.50 bits per heavy atom. The Labute approximate surface area is 130 Å². The molecule has 0 fully saturated rings. The van der Waals surface area contributed by atoms with Gasteiger partial charge in [0.15, 0.2) is 17.6 Å². The Balaban J connectivity index is 2.59. The van der Waals surface area contributed by atoms with Crippen LogP contribution in [-0.2, 0) is 11.4 Å². The summed E-state index contributed by atoms with van der Waals surface area (Å²) in [5.74, 6) is 3.37. The molecule has 1 aliphatic heterocycles. The van der Waals surface area contributed by atoms with Crippen LogP contribution in [0.3, 0.4) is 0 Å². The first kappa shape index (κ1) is 16.2. The van der Waals surface area contributed by atoms with Gasteiger partial charge in [-0.2, -0.15) is 0 Å². The summed E-state index contributed by atoms with van der Waals surface area (Å²) < 4.78 is 11.5. The highest BCUT2D eigenvalue weighted by Crippen LogP contribution is 2.43. The molecule has 1 aromatic carbocycles. The van der Waals surface area contributed by atoms with Crippen molar-refractivity contribution in [1.29, 1.82) is 0 Å². The number of terminal acetylenes is 1. The van der Waals surface area contributed by atoms with Crippen LogP contribution in [0.5, 0.6) is 11.5 Å². The minimum absolute atomic E-state index is 0.00733. The van der Waals surface area contributed by atoms with Crippen molar-refractivity contribution in [3.8, 4) is 23.8 Å². The van der Waals surface area contributed by atoms with E-state index in [0.29, 0.717) is 29.4 Å². The summed E-state index contributed by atoms with van der Waals surface area (Å²) in [6, 6.07) is 3.44. The van der Waals surface area contributed by atoms with Crippen LogP contribution in [-0.4, -0.2) is 30.3 Å². The molecule has 5 nitrogen and oxygen atoms in total. The molecule has 0 radical (unpaired) electrons. The van der Waals surface area contributed by atoms with Crippen molar-refractivity contribution in [2.75, 3.05) is 18.1 Å². The SMILES string of the molecule is C#CCN1C(=O)C(C(C)C)Oc2c(OCC)cc(CO)cc21. The summed E-state index contributed by atoms with van der Waals surface area (Å²) in [5.41, 5.74) is 1.19. The number of amides is 1. The van der Waals surface area contributed by atoms with Crippen molar-refractivity contribution in [2.45, 2.75) is 33.5 Å². The van der Waals surface area contributed by atoms with Crippen LogP contribution in [0, 0.1) is 18.3 Å². The Hall–Kier alpha value is -2.19. The number of nitrogens with zero attached hydrogens (tertiary/aromatic N) is 1. The smallest absolute Gasteiger partial charge is 0.269 e. The Kier molecular flexibility index (Phi) is 4.94. The van der Waals surface area contributed by atoms with E-state index >= 15 is 0 Å². The molecule has 1 aliphatic rings. The van der Waals surface area contributed by atoms with Crippen LogP contribution in [0.1, 0.15) is 26.3 Å². The minimum Gasteiger partial charge on any atom is -0.490 e. The number of fused-ring (bicyclic) bond motifs is 1. The topological polar surface area (TPSA) is 59.0 Å². The van der Waals surface area contributed by atoms with E-state index in [-0.39, 0.29) is 25.0 Å². The van der Waals surface area contributed by atoms with E-state index < -0.39 is 6.10 Å². The van der Waals surface area contributed by atoms with Crippen molar-refractivity contribution in [1.82, 2.24) is 0 Å². The lowest BCUT2D eigenvalue weighted by Crippen LogP contribution is -2.48. The average molecular weight is 303 g/mol. The van der Waals surface area contributed by atoms with Gasteiger partial charge in [0.1, 0.15) is 0 Å². The van der Waals surface area contributed by atoms with E-state index in [1.807, 2.05) is 20.8 Å². The second kappa shape index (κ2) is 6.71. The first-order valence-corrected chi connectivity index (χ1v) is 7.35. The Morgan fingerprint density at radius 3 is 2.77 bits per heavy atom. The van der Waals surface area contributed by atoms with Crippen LogP contribution in [0.2, 0.25) is 0 Å². The van der Waals surface area contributed by atoms with Gasteiger partial charge in [0.2, 0.25) is 0 Å². The normalized spacial score (nSPS) is 17.0. The molecule has 0 aromatic heterocycles. The number of carbonyl (C=O) groups excluding carboxylic acids is 1. The Bertz CT molecular complexity index is 603. The molecule has 118 valence electrons. The minimum atomic E-state index is -0.597. The zero-order valence-electron chi connectivity index (χ0n) is 13.1. The lowest BCUT2D eigenvalue weighted by Gasteiger charge is -2.36. The maximum absolute atomic E-state index is 12.6. The summed E-state index contributed by atoms with van der Waals surface area (Å²) in [4.78, 5) is 14.1. The molecule has 1 amide bonds. The van der Waals surface area contributed by atoms with Gasteiger partial charge in [0, 0.05) is 0 Å². The molecule has 1 heterocycles. The van der Waals surface area contributed by atoms with Gasteiger partial charge in [0.25, 0.3) is 5.91 Å². The molecule has 0 saturated heterocycles. The third-order valence-corrected chi connectivity index (χ3v) is 3.48. The predicted octanol–water partition coefficient (Wildman–Crippen LogP) is 1.96. The van der Waals surface area contributed by atoms with Gasteiger partial charge in [-0.25, -0.2) is 0 Å². The largest absolute Gasteiger partial charge is 0.490 e.